The van der Waals surface area contributed by atoms with Crippen LogP contribution < -0.4 is 10.6 Å². The number of rotatable bonds is 3. The van der Waals surface area contributed by atoms with Crippen LogP contribution >= 0.6 is 15.9 Å². The highest BCUT2D eigenvalue weighted by Crippen LogP contribution is 2.24. The molecule has 0 atom stereocenters. The maximum absolute atomic E-state index is 8.90. The summed E-state index contributed by atoms with van der Waals surface area (Å²) in [7, 11) is 2.02. The third-order valence-corrected chi connectivity index (χ3v) is 3.57. The van der Waals surface area contributed by atoms with Crippen LogP contribution in [0.1, 0.15) is 11.1 Å². The van der Waals surface area contributed by atoms with Crippen molar-refractivity contribution in [3.63, 3.8) is 0 Å². The lowest BCUT2D eigenvalue weighted by Gasteiger charge is -2.20. The molecule has 19 heavy (non-hydrogen) atoms. The molecule has 0 heterocycles. The van der Waals surface area contributed by atoms with Crippen molar-refractivity contribution in [3.05, 3.63) is 58.1 Å². The largest absolute Gasteiger partial charge is 0.399 e. The van der Waals surface area contributed by atoms with Gasteiger partial charge < -0.3 is 10.6 Å². The molecule has 2 rings (SSSR count). The van der Waals surface area contributed by atoms with Crippen molar-refractivity contribution >= 4 is 27.3 Å². The second-order valence-corrected chi connectivity index (χ2v) is 5.23. The quantitative estimate of drug-likeness (QED) is 0.881. The Balaban J connectivity index is 2.16. The highest BCUT2D eigenvalue weighted by molar-refractivity contribution is 9.10. The van der Waals surface area contributed by atoms with Gasteiger partial charge in [0.1, 0.15) is 6.07 Å². The molecule has 4 heteroatoms. The maximum atomic E-state index is 8.90. The van der Waals surface area contributed by atoms with Crippen LogP contribution in [-0.2, 0) is 6.54 Å². The van der Waals surface area contributed by atoms with Gasteiger partial charge in [-0.3, -0.25) is 0 Å². The van der Waals surface area contributed by atoms with E-state index in [1.165, 1.54) is 5.56 Å². The van der Waals surface area contributed by atoms with Crippen molar-refractivity contribution < 1.29 is 0 Å². The average molecular weight is 316 g/mol. The van der Waals surface area contributed by atoms with E-state index >= 15 is 0 Å². The standard InChI is InChI=1S/C15H14BrN3/c1-19(10-11-2-5-13(18)6-3-11)14-7-4-12(9-17)15(16)8-14/h2-8H,10,18H2,1H3. The van der Waals surface area contributed by atoms with Gasteiger partial charge in [-0.15, -0.1) is 0 Å². The molecule has 0 fully saturated rings. The number of hydrogen-bond acceptors (Lipinski definition) is 3. The van der Waals surface area contributed by atoms with Gasteiger partial charge in [0, 0.05) is 29.4 Å². The normalized spacial score (nSPS) is 9.95. The summed E-state index contributed by atoms with van der Waals surface area (Å²) < 4.78 is 0.816. The van der Waals surface area contributed by atoms with Crippen LogP contribution in [0.15, 0.2) is 46.9 Å². The Labute approximate surface area is 121 Å². The number of nitriles is 1. The zero-order chi connectivity index (χ0) is 13.8. The Bertz CT molecular complexity index is 614. The number of halogens is 1. The van der Waals surface area contributed by atoms with E-state index in [4.69, 9.17) is 11.0 Å². The molecule has 0 bridgehead atoms. The molecule has 2 aromatic carbocycles. The van der Waals surface area contributed by atoms with Gasteiger partial charge in [-0.2, -0.15) is 5.26 Å². The van der Waals surface area contributed by atoms with E-state index in [2.05, 4.69) is 26.9 Å². The summed E-state index contributed by atoms with van der Waals surface area (Å²) in [5.41, 5.74) is 9.33. The summed E-state index contributed by atoms with van der Waals surface area (Å²) in [6.07, 6.45) is 0. The van der Waals surface area contributed by atoms with Gasteiger partial charge in [0.05, 0.1) is 5.56 Å². The van der Waals surface area contributed by atoms with Crippen molar-refractivity contribution in [2.24, 2.45) is 0 Å². The molecule has 0 saturated carbocycles. The van der Waals surface area contributed by atoms with E-state index in [9.17, 15) is 0 Å². The van der Waals surface area contributed by atoms with E-state index in [0.29, 0.717) is 5.56 Å². The zero-order valence-corrected chi connectivity index (χ0v) is 12.2. The number of benzene rings is 2. The minimum absolute atomic E-state index is 0.643. The molecule has 0 aliphatic heterocycles. The Morgan fingerprint density at radius 3 is 2.47 bits per heavy atom. The van der Waals surface area contributed by atoms with Crippen LogP contribution in [0.5, 0.6) is 0 Å². The molecule has 0 aliphatic carbocycles. The summed E-state index contributed by atoms with van der Waals surface area (Å²) in [6, 6.07) is 15.7. The van der Waals surface area contributed by atoms with Crippen LogP contribution in [0.25, 0.3) is 0 Å². The smallest absolute Gasteiger partial charge is 0.100 e. The molecule has 3 nitrogen and oxygen atoms in total. The van der Waals surface area contributed by atoms with Gasteiger partial charge in [0.25, 0.3) is 0 Å². The Morgan fingerprint density at radius 1 is 1.21 bits per heavy atom. The van der Waals surface area contributed by atoms with Crippen molar-refractivity contribution in [1.29, 1.82) is 5.26 Å². The van der Waals surface area contributed by atoms with Gasteiger partial charge in [0.15, 0.2) is 0 Å². The molecule has 96 valence electrons. The lowest BCUT2D eigenvalue weighted by atomic mass is 10.1. The first-order chi connectivity index (χ1) is 9.10. The predicted molar refractivity (Wildman–Crippen MR) is 81.8 cm³/mol. The van der Waals surface area contributed by atoms with E-state index in [1.54, 1.807) is 0 Å². The average Bonchev–Trinajstić information content (AvgIpc) is 2.41. The van der Waals surface area contributed by atoms with Crippen LogP contribution in [0.4, 0.5) is 11.4 Å². The molecule has 2 N–H and O–H groups in total. The molecular weight excluding hydrogens is 302 g/mol. The van der Waals surface area contributed by atoms with E-state index < -0.39 is 0 Å². The minimum atomic E-state index is 0.643. The molecule has 0 aromatic heterocycles. The van der Waals surface area contributed by atoms with Crippen LogP contribution in [0.3, 0.4) is 0 Å². The Hall–Kier alpha value is -1.99. The Morgan fingerprint density at radius 2 is 1.89 bits per heavy atom. The highest BCUT2D eigenvalue weighted by Gasteiger charge is 2.05. The summed E-state index contributed by atoms with van der Waals surface area (Å²) in [6.45, 7) is 0.790. The number of anilines is 2. The minimum Gasteiger partial charge on any atom is -0.399 e. The fourth-order valence-corrected chi connectivity index (χ4v) is 2.28. The van der Waals surface area contributed by atoms with Gasteiger partial charge >= 0.3 is 0 Å². The summed E-state index contributed by atoms with van der Waals surface area (Å²) in [5, 5.41) is 8.90. The summed E-state index contributed by atoms with van der Waals surface area (Å²) >= 11 is 3.40. The predicted octanol–water partition coefficient (Wildman–Crippen LogP) is 3.54. The molecule has 0 unspecified atom stereocenters. The number of nitrogens with two attached hydrogens (primary N) is 1. The first-order valence-electron chi connectivity index (χ1n) is 5.85. The first kappa shape index (κ1) is 13.4. The van der Waals surface area contributed by atoms with E-state index in [1.807, 2.05) is 49.5 Å². The second-order valence-electron chi connectivity index (χ2n) is 4.37. The molecule has 0 radical (unpaired) electrons. The molecule has 0 saturated heterocycles. The zero-order valence-electron chi connectivity index (χ0n) is 10.6. The van der Waals surface area contributed by atoms with Gasteiger partial charge in [-0.25, -0.2) is 0 Å². The van der Waals surface area contributed by atoms with E-state index in [-0.39, 0.29) is 0 Å². The highest BCUT2D eigenvalue weighted by atomic mass is 79.9. The van der Waals surface area contributed by atoms with E-state index in [0.717, 1.165) is 22.4 Å². The fraction of sp³-hybridized carbons (Fsp3) is 0.133. The van der Waals surface area contributed by atoms with Gasteiger partial charge in [-0.1, -0.05) is 12.1 Å². The summed E-state index contributed by atoms with van der Waals surface area (Å²) in [4.78, 5) is 2.12. The van der Waals surface area contributed by atoms with Crippen molar-refractivity contribution in [3.8, 4) is 6.07 Å². The molecule has 0 amide bonds. The third-order valence-electron chi connectivity index (χ3n) is 2.91. The van der Waals surface area contributed by atoms with Gasteiger partial charge in [-0.05, 0) is 51.8 Å². The number of nitrogen functional groups attached to an aromatic ring is 1. The topological polar surface area (TPSA) is 53.0 Å². The number of nitrogens with zero attached hydrogens (tertiary/aromatic N) is 2. The lowest BCUT2D eigenvalue weighted by molar-refractivity contribution is 0.922. The molecule has 0 aliphatic rings. The van der Waals surface area contributed by atoms with Crippen LogP contribution in [0.2, 0.25) is 0 Å². The van der Waals surface area contributed by atoms with Crippen LogP contribution in [-0.4, -0.2) is 7.05 Å². The molecule has 0 spiro atoms. The Kier molecular flexibility index (Phi) is 4.08. The fourth-order valence-electron chi connectivity index (χ4n) is 1.82. The number of hydrogen-bond donors (Lipinski definition) is 1. The van der Waals surface area contributed by atoms with Crippen molar-refractivity contribution in [1.82, 2.24) is 0 Å². The molecule has 2 aromatic rings. The van der Waals surface area contributed by atoms with Crippen molar-refractivity contribution in [2.45, 2.75) is 6.54 Å². The first-order valence-corrected chi connectivity index (χ1v) is 6.64. The third kappa shape index (κ3) is 3.27. The maximum Gasteiger partial charge on any atom is 0.100 e. The monoisotopic (exact) mass is 315 g/mol. The second kappa shape index (κ2) is 5.77. The lowest BCUT2D eigenvalue weighted by Crippen LogP contribution is -2.16. The van der Waals surface area contributed by atoms with Crippen molar-refractivity contribution in [2.75, 3.05) is 17.7 Å². The molecular formula is C15H14BrN3. The SMILES string of the molecule is CN(Cc1ccc(N)cc1)c1ccc(C#N)c(Br)c1. The van der Waals surface area contributed by atoms with Gasteiger partial charge in [0.2, 0.25) is 0 Å². The van der Waals surface area contributed by atoms with Crippen LogP contribution in [0, 0.1) is 11.3 Å². The summed E-state index contributed by atoms with van der Waals surface area (Å²) in [5.74, 6) is 0.